The second-order valence-corrected chi connectivity index (χ2v) is 5.00. The number of amides is 1. The van der Waals surface area contributed by atoms with Gasteiger partial charge in [-0.1, -0.05) is 0 Å². The molecule has 1 rings (SSSR count). The summed E-state index contributed by atoms with van der Waals surface area (Å²) < 4.78 is 6.33. The number of aryl methyl sites for hydroxylation is 1. The molecule has 1 aromatic heterocycles. The lowest BCUT2D eigenvalue weighted by Gasteiger charge is -2.05. The number of carbonyl (C=O) groups is 2. The minimum atomic E-state index is -0.553. The van der Waals surface area contributed by atoms with E-state index in [2.05, 4.69) is 22.5 Å². The molecule has 0 unspecified atom stereocenters. The first-order chi connectivity index (χ1) is 10.8. The first-order valence-corrected chi connectivity index (χ1v) is 7.13. The van der Waals surface area contributed by atoms with Gasteiger partial charge in [-0.3, -0.25) is 9.59 Å². The molecule has 0 aromatic carbocycles. The second-order valence-electron chi connectivity index (χ2n) is 4.56. The molecule has 1 heterocycles. The van der Waals surface area contributed by atoms with Crippen molar-refractivity contribution in [1.82, 2.24) is 14.9 Å². The van der Waals surface area contributed by atoms with Gasteiger partial charge in [0.05, 0.1) is 0 Å². The van der Waals surface area contributed by atoms with E-state index in [0.29, 0.717) is 5.82 Å². The Morgan fingerprint density at radius 1 is 1.52 bits per heavy atom. The summed E-state index contributed by atoms with van der Waals surface area (Å²) in [6.45, 7) is 1.74. The Morgan fingerprint density at radius 2 is 2.22 bits per heavy atom. The van der Waals surface area contributed by atoms with Crippen LogP contribution >= 0.6 is 12.2 Å². The summed E-state index contributed by atoms with van der Waals surface area (Å²) in [6.07, 6.45) is 1.59. The maximum Gasteiger partial charge on any atom is 0.342 e. The topological polar surface area (TPSA) is 142 Å². The summed E-state index contributed by atoms with van der Waals surface area (Å²) in [6, 6.07) is 0. The van der Waals surface area contributed by atoms with Crippen LogP contribution in [-0.2, 0) is 20.9 Å². The molecule has 0 bridgehead atoms. The molecule has 1 aromatic rings. The van der Waals surface area contributed by atoms with E-state index in [1.807, 2.05) is 0 Å². The molecule has 11 heteroatoms. The molecule has 0 fully saturated rings. The van der Waals surface area contributed by atoms with E-state index in [9.17, 15) is 19.7 Å². The maximum atomic E-state index is 11.5. The number of ether oxygens (including phenoxy) is 1. The van der Waals surface area contributed by atoms with E-state index < -0.39 is 10.9 Å². The average molecular weight is 343 g/mol. The number of hydrogen-bond acceptors (Lipinski definition) is 7. The lowest BCUT2D eigenvalue weighted by atomic mass is 10.2. The van der Waals surface area contributed by atoms with Crippen LogP contribution in [-0.4, -0.2) is 38.1 Å². The number of nitrogens with zero attached hydrogens (tertiary/aromatic N) is 3. The van der Waals surface area contributed by atoms with Crippen LogP contribution in [0, 0.1) is 17.0 Å². The van der Waals surface area contributed by atoms with Gasteiger partial charge in [0.25, 0.3) is 0 Å². The summed E-state index contributed by atoms with van der Waals surface area (Å²) >= 11 is 4.51. The molecule has 0 saturated carbocycles. The third kappa shape index (κ3) is 6.38. The fourth-order valence-electron chi connectivity index (χ4n) is 1.79. The number of rotatable bonds is 8. The summed E-state index contributed by atoms with van der Waals surface area (Å²) in [4.78, 5) is 36.8. The SMILES string of the molecule is Cc1ncc([N+](=O)[O-])n1CCOC(=O)CCCC(=O)NC(N)=S. The van der Waals surface area contributed by atoms with Crippen molar-refractivity contribution in [3.8, 4) is 0 Å². The van der Waals surface area contributed by atoms with Crippen LogP contribution in [0.2, 0.25) is 0 Å². The van der Waals surface area contributed by atoms with Gasteiger partial charge in [-0.05, 0) is 23.6 Å². The number of carbonyl (C=O) groups excluding carboxylic acids is 2. The molecule has 0 spiro atoms. The van der Waals surface area contributed by atoms with Gasteiger partial charge in [0.1, 0.15) is 19.3 Å². The average Bonchev–Trinajstić information content (AvgIpc) is 2.79. The molecule has 0 aliphatic heterocycles. The minimum Gasteiger partial charge on any atom is -0.461 e. The standard InChI is InChI=1S/C12H17N5O5S/c1-8-14-7-10(17(20)21)16(8)5-6-22-11(19)4-2-3-9(18)15-12(13)23/h7H,2-6H2,1H3,(H3,13,15,18,23). The quantitative estimate of drug-likeness (QED) is 0.294. The Hall–Kier alpha value is -2.56. The number of hydrogen-bond donors (Lipinski definition) is 2. The van der Waals surface area contributed by atoms with Gasteiger partial charge >= 0.3 is 11.8 Å². The van der Waals surface area contributed by atoms with Gasteiger partial charge in [0.2, 0.25) is 5.91 Å². The summed E-state index contributed by atoms with van der Waals surface area (Å²) in [7, 11) is 0. The molecule has 23 heavy (non-hydrogen) atoms. The third-order valence-electron chi connectivity index (χ3n) is 2.85. The fourth-order valence-corrected chi connectivity index (χ4v) is 1.91. The van der Waals surface area contributed by atoms with Crippen molar-refractivity contribution in [2.75, 3.05) is 6.61 Å². The van der Waals surface area contributed by atoms with Gasteiger partial charge in [0, 0.05) is 19.8 Å². The van der Waals surface area contributed by atoms with Crippen LogP contribution in [0.1, 0.15) is 25.1 Å². The zero-order valence-electron chi connectivity index (χ0n) is 12.5. The number of nitrogens with one attached hydrogen (secondary N) is 1. The van der Waals surface area contributed by atoms with Crippen molar-refractivity contribution in [1.29, 1.82) is 0 Å². The Balaban J connectivity index is 2.30. The smallest absolute Gasteiger partial charge is 0.342 e. The van der Waals surface area contributed by atoms with Crippen LogP contribution in [0.4, 0.5) is 5.82 Å². The normalized spacial score (nSPS) is 10.1. The van der Waals surface area contributed by atoms with Crippen LogP contribution in [0.3, 0.4) is 0 Å². The van der Waals surface area contributed by atoms with Crippen molar-refractivity contribution in [2.45, 2.75) is 32.7 Å². The van der Waals surface area contributed by atoms with Crippen LogP contribution < -0.4 is 11.1 Å². The van der Waals surface area contributed by atoms with Crippen molar-refractivity contribution in [2.24, 2.45) is 5.73 Å². The van der Waals surface area contributed by atoms with Crippen LogP contribution in [0.15, 0.2) is 6.20 Å². The highest BCUT2D eigenvalue weighted by atomic mass is 32.1. The van der Waals surface area contributed by atoms with Crippen molar-refractivity contribution in [3.05, 3.63) is 22.1 Å². The van der Waals surface area contributed by atoms with E-state index in [4.69, 9.17) is 10.5 Å². The third-order valence-corrected chi connectivity index (χ3v) is 2.95. The predicted octanol–water partition coefficient (Wildman–Crippen LogP) is 0.173. The maximum absolute atomic E-state index is 11.5. The van der Waals surface area contributed by atoms with Gasteiger partial charge in [0.15, 0.2) is 10.9 Å². The molecule has 1 amide bonds. The van der Waals surface area contributed by atoms with Crippen molar-refractivity contribution in [3.63, 3.8) is 0 Å². The van der Waals surface area contributed by atoms with Gasteiger partial charge in [-0.25, -0.2) is 9.55 Å². The van der Waals surface area contributed by atoms with E-state index in [1.165, 1.54) is 4.57 Å². The van der Waals surface area contributed by atoms with Crippen LogP contribution in [0.25, 0.3) is 0 Å². The molecule has 0 radical (unpaired) electrons. The molecule has 3 N–H and O–H groups in total. The first-order valence-electron chi connectivity index (χ1n) is 6.72. The number of esters is 1. The van der Waals surface area contributed by atoms with Gasteiger partial charge in [-0.2, -0.15) is 0 Å². The highest BCUT2D eigenvalue weighted by molar-refractivity contribution is 7.80. The minimum absolute atomic E-state index is 0.0179. The number of imidazole rings is 1. The molecule has 0 aliphatic carbocycles. The van der Waals surface area contributed by atoms with E-state index >= 15 is 0 Å². The Labute approximate surface area is 137 Å². The largest absolute Gasteiger partial charge is 0.461 e. The monoisotopic (exact) mass is 343 g/mol. The highest BCUT2D eigenvalue weighted by Crippen LogP contribution is 2.13. The van der Waals surface area contributed by atoms with Crippen LogP contribution in [0.5, 0.6) is 0 Å². The van der Waals surface area contributed by atoms with E-state index in [0.717, 1.165) is 6.20 Å². The second kappa shape index (κ2) is 8.78. The fraction of sp³-hybridized carbons (Fsp3) is 0.500. The molecule has 10 nitrogen and oxygen atoms in total. The zero-order valence-corrected chi connectivity index (χ0v) is 13.3. The predicted molar refractivity (Wildman–Crippen MR) is 83.4 cm³/mol. The van der Waals surface area contributed by atoms with Gasteiger partial charge in [-0.15, -0.1) is 0 Å². The highest BCUT2D eigenvalue weighted by Gasteiger charge is 2.17. The summed E-state index contributed by atoms with van der Waals surface area (Å²) in [5, 5.41) is 12.9. The molecule has 0 saturated heterocycles. The summed E-state index contributed by atoms with van der Waals surface area (Å²) in [5.41, 5.74) is 5.14. The Bertz CT molecular complexity index is 615. The number of aromatic nitrogens is 2. The lowest BCUT2D eigenvalue weighted by Crippen LogP contribution is -2.34. The number of nitrogens with two attached hydrogens (primary N) is 1. The van der Waals surface area contributed by atoms with Crippen molar-refractivity contribution >= 4 is 35.0 Å². The number of thiocarbonyl (C=S) groups is 1. The molecular formula is C12H17N5O5S. The lowest BCUT2D eigenvalue weighted by molar-refractivity contribution is -0.392. The van der Waals surface area contributed by atoms with Gasteiger partial charge < -0.3 is 25.9 Å². The molecule has 126 valence electrons. The first kappa shape index (κ1) is 18.5. The number of nitro groups is 1. The molecule has 0 atom stereocenters. The zero-order chi connectivity index (χ0) is 17.4. The molecule has 0 aliphatic rings. The van der Waals surface area contributed by atoms with Crippen molar-refractivity contribution < 1.29 is 19.2 Å². The Morgan fingerprint density at radius 3 is 2.83 bits per heavy atom. The summed E-state index contributed by atoms with van der Waals surface area (Å²) in [5.74, 6) is -0.557. The van der Waals surface area contributed by atoms with E-state index in [1.54, 1.807) is 6.92 Å². The molecular weight excluding hydrogens is 326 g/mol. The van der Waals surface area contributed by atoms with E-state index in [-0.39, 0.29) is 49.3 Å². The Kier molecular flexibility index (Phi) is 7.06.